The maximum Gasteiger partial charge on any atom is 0.243 e. The Morgan fingerprint density at radius 2 is 1.74 bits per heavy atom. The van der Waals surface area contributed by atoms with Crippen LogP contribution in [0.5, 0.6) is 0 Å². The van der Waals surface area contributed by atoms with Crippen molar-refractivity contribution in [2.75, 3.05) is 13.2 Å². The standard InChI is InChI=1S/C21H26FNO3S/c1-3-26-15-14-19-10-13-21(17-6-8-18(22)9-7-17)23(19)27(24,25)20-11-4-16(2)5-12-20/h4-9,11-12,19,21H,3,10,13-15H2,1-2H3. The zero-order valence-electron chi connectivity index (χ0n) is 15.8. The molecule has 2 unspecified atom stereocenters. The first kappa shape index (κ1) is 20.0. The normalized spacial score (nSPS) is 20.9. The van der Waals surface area contributed by atoms with E-state index in [1.165, 1.54) is 12.1 Å². The lowest BCUT2D eigenvalue weighted by Gasteiger charge is -2.30. The molecule has 0 aliphatic carbocycles. The Balaban J connectivity index is 1.96. The minimum Gasteiger partial charge on any atom is -0.382 e. The number of benzene rings is 2. The number of ether oxygens (including phenoxy) is 1. The Morgan fingerprint density at radius 3 is 2.37 bits per heavy atom. The van der Waals surface area contributed by atoms with Crippen molar-refractivity contribution in [1.29, 1.82) is 0 Å². The van der Waals surface area contributed by atoms with Crippen LogP contribution < -0.4 is 0 Å². The Kier molecular flexibility index (Phi) is 6.29. The summed E-state index contributed by atoms with van der Waals surface area (Å²) in [6.07, 6.45) is 2.13. The second-order valence-electron chi connectivity index (χ2n) is 6.93. The number of sulfonamides is 1. The molecule has 1 heterocycles. The predicted octanol–water partition coefficient (Wildman–Crippen LogP) is 4.46. The van der Waals surface area contributed by atoms with E-state index in [9.17, 15) is 12.8 Å². The monoisotopic (exact) mass is 391 g/mol. The summed E-state index contributed by atoms with van der Waals surface area (Å²) < 4.78 is 47.3. The quantitative estimate of drug-likeness (QED) is 0.655. The van der Waals surface area contributed by atoms with Crippen molar-refractivity contribution in [2.45, 2.75) is 50.1 Å². The zero-order valence-corrected chi connectivity index (χ0v) is 16.6. The fourth-order valence-corrected chi connectivity index (χ4v) is 5.58. The second kappa shape index (κ2) is 8.50. The van der Waals surface area contributed by atoms with Crippen LogP contribution in [0.3, 0.4) is 0 Å². The van der Waals surface area contributed by atoms with Crippen molar-refractivity contribution < 1.29 is 17.5 Å². The minimum absolute atomic E-state index is 0.127. The van der Waals surface area contributed by atoms with Gasteiger partial charge in [-0.1, -0.05) is 29.8 Å². The molecule has 2 aromatic rings. The summed E-state index contributed by atoms with van der Waals surface area (Å²) >= 11 is 0. The van der Waals surface area contributed by atoms with Gasteiger partial charge in [0.2, 0.25) is 10.0 Å². The summed E-state index contributed by atoms with van der Waals surface area (Å²) in [5.41, 5.74) is 1.84. The van der Waals surface area contributed by atoms with Crippen LogP contribution in [-0.4, -0.2) is 32.0 Å². The highest BCUT2D eigenvalue weighted by atomic mass is 32.2. The van der Waals surface area contributed by atoms with E-state index in [1.54, 1.807) is 28.6 Å². The third-order valence-corrected chi connectivity index (χ3v) is 7.07. The van der Waals surface area contributed by atoms with Crippen LogP contribution in [0.15, 0.2) is 53.4 Å². The van der Waals surface area contributed by atoms with Crippen molar-refractivity contribution in [3.8, 4) is 0 Å². The molecule has 6 heteroatoms. The van der Waals surface area contributed by atoms with Crippen LogP contribution >= 0.6 is 0 Å². The van der Waals surface area contributed by atoms with Crippen molar-refractivity contribution in [3.05, 3.63) is 65.5 Å². The summed E-state index contributed by atoms with van der Waals surface area (Å²) in [4.78, 5) is 0.295. The fraction of sp³-hybridized carbons (Fsp3) is 0.429. The van der Waals surface area contributed by atoms with E-state index in [0.29, 0.717) is 31.0 Å². The van der Waals surface area contributed by atoms with Crippen LogP contribution in [0.2, 0.25) is 0 Å². The van der Waals surface area contributed by atoms with Gasteiger partial charge in [-0.15, -0.1) is 0 Å². The first-order valence-corrected chi connectivity index (χ1v) is 10.8. The van der Waals surface area contributed by atoms with Crippen molar-refractivity contribution in [2.24, 2.45) is 0 Å². The van der Waals surface area contributed by atoms with Gasteiger partial charge in [-0.05, 0) is 62.9 Å². The van der Waals surface area contributed by atoms with Crippen LogP contribution in [-0.2, 0) is 14.8 Å². The number of hydrogen-bond acceptors (Lipinski definition) is 3. The second-order valence-corrected chi connectivity index (χ2v) is 8.78. The first-order valence-electron chi connectivity index (χ1n) is 9.37. The van der Waals surface area contributed by atoms with E-state index in [1.807, 2.05) is 26.0 Å². The van der Waals surface area contributed by atoms with Gasteiger partial charge in [-0.2, -0.15) is 4.31 Å². The third-order valence-electron chi connectivity index (χ3n) is 5.09. The highest BCUT2D eigenvalue weighted by molar-refractivity contribution is 7.89. The number of halogens is 1. The molecule has 0 aromatic heterocycles. The molecule has 4 nitrogen and oxygen atoms in total. The molecule has 0 saturated carbocycles. The summed E-state index contributed by atoms with van der Waals surface area (Å²) in [5, 5.41) is 0. The van der Waals surface area contributed by atoms with E-state index in [0.717, 1.165) is 17.5 Å². The lowest BCUT2D eigenvalue weighted by Crippen LogP contribution is -2.38. The van der Waals surface area contributed by atoms with E-state index < -0.39 is 10.0 Å². The van der Waals surface area contributed by atoms with Crippen LogP contribution in [0, 0.1) is 12.7 Å². The molecule has 2 aromatic carbocycles. The topological polar surface area (TPSA) is 46.6 Å². The average molecular weight is 392 g/mol. The maximum atomic E-state index is 13.5. The number of hydrogen-bond donors (Lipinski definition) is 0. The maximum absolute atomic E-state index is 13.5. The predicted molar refractivity (Wildman–Crippen MR) is 103 cm³/mol. The Hall–Kier alpha value is -1.76. The lowest BCUT2D eigenvalue weighted by atomic mass is 10.1. The summed E-state index contributed by atoms with van der Waals surface area (Å²) in [7, 11) is -3.67. The van der Waals surface area contributed by atoms with Gasteiger partial charge in [0.25, 0.3) is 0 Å². The molecule has 2 atom stereocenters. The molecule has 1 aliphatic rings. The first-order chi connectivity index (χ1) is 12.9. The van der Waals surface area contributed by atoms with Gasteiger partial charge in [0, 0.05) is 19.3 Å². The smallest absolute Gasteiger partial charge is 0.243 e. The van der Waals surface area contributed by atoms with Crippen LogP contribution in [0.4, 0.5) is 4.39 Å². The molecular weight excluding hydrogens is 365 g/mol. The molecule has 3 rings (SSSR count). The molecular formula is C21H26FNO3S. The molecule has 0 N–H and O–H groups in total. The molecule has 0 bridgehead atoms. The molecule has 0 amide bonds. The summed E-state index contributed by atoms with van der Waals surface area (Å²) in [6, 6.07) is 12.7. The molecule has 1 saturated heterocycles. The Labute approximate surface area is 161 Å². The average Bonchev–Trinajstić information content (AvgIpc) is 3.08. The number of rotatable bonds is 7. The summed E-state index contributed by atoms with van der Waals surface area (Å²) in [5.74, 6) is -0.322. The summed E-state index contributed by atoms with van der Waals surface area (Å²) in [6.45, 7) is 4.99. The SMILES string of the molecule is CCOCCC1CCC(c2ccc(F)cc2)N1S(=O)(=O)c1ccc(C)cc1. The minimum atomic E-state index is -3.67. The van der Waals surface area contributed by atoms with E-state index in [4.69, 9.17) is 4.74 Å². The van der Waals surface area contributed by atoms with Crippen molar-refractivity contribution in [3.63, 3.8) is 0 Å². The molecule has 146 valence electrons. The Bertz CT molecular complexity index is 850. The molecule has 0 radical (unpaired) electrons. The van der Waals surface area contributed by atoms with Gasteiger partial charge in [0.05, 0.1) is 10.9 Å². The molecule has 1 aliphatic heterocycles. The van der Waals surface area contributed by atoms with Crippen molar-refractivity contribution in [1.82, 2.24) is 4.31 Å². The highest BCUT2D eigenvalue weighted by Gasteiger charge is 2.42. The molecule has 1 fully saturated rings. The van der Waals surface area contributed by atoms with Crippen molar-refractivity contribution >= 4 is 10.0 Å². The third kappa shape index (κ3) is 4.39. The number of aryl methyl sites for hydroxylation is 1. The highest BCUT2D eigenvalue weighted by Crippen LogP contribution is 2.41. The van der Waals surface area contributed by atoms with E-state index in [2.05, 4.69) is 0 Å². The van der Waals surface area contributed by atoms with Gasteiger partial charge in [0.1, 0.15) is 5.82 Å². The molecule has 27 heavy (non-hydrogen) atoms. The Morgan fingerprint density at radius 1 is 1.07 bits per heavy atom. The lowest BCUT2D eigenvalue weighted by molar-refractivity contribution is 0.128. The largest absolute Gasteiger partial charge is 0.382 e. The van der Waals surface area contributed by atoms with Crippen LogP contribution in [0.25, 0.3) is 0 Å². The van der Waals surface area contributed by atoms with E-state index in [-0.39, 0.29) is 17.9 Å². The van der Waals surface area contributed by atoms with Gasteiger partial charge in [-0.3, -0.25) is 0 Å². The van der Waals surface area contributed by atoms with E-state index >= 15 is 0 Å². The molecule has 0 spiro atoms. The zero-order chi connectivity index (χ0) is 19.4. The van der Waals surface area contributed by atoms with Gasteiger partial charge in [-0.25, -0.2) is 12.8 Å². The number of nitrogens with zero attached hydrogens (tertiary/aromatic N) is 1. The van der Waals surface area contributed by atoms with Crippen LogP contribution in [0.1, 0.15) is 43.4 Å². The fourth-order valence-electron chi connectivity index (χ4n) is 3.69. The van der Waals surface area contributed by atoms with Gasteiger partial charge < -0.3 is 4.74 Å². The van der Waals surface area contributed by atoms with Gasteiger partial charge >= 0.3 is 0 Å². The van der Waals surface area contributed by atoms with Gasteiger partial charge in [0.15, 0.2) is 0 Å².